The molecule has 4 N–H and O–H groups in total. The number of amides is 1. The maximum Gasteiger partial charge on any atom is 0.326 e. The van der Waals surface area contributed by atoms with E-state index >= 15 is 0 Å². The van der Waals surface area contributed by atoms with E-state index in [9.17, 15) is 19.5 Å². The van der Waals surface area contributed by atoms with Crippen LogP contribution >= 0.6 is 0 Å². The number of nitrogens with one attached hydrogen (secondary N) is 1. The Labute approximate surface area is 246 Å². The monoisotopic (exact) mass is 568 g/mol. The van der Waals surface area contributed by atoms with Gasteiger partial charge in [0.1, 0.15) is 12.1 Å². The highest BCUT2D eigenvalue weighted by Crippen LogP contribution is 2.18. The average molecular weight is 569 g/mol. The van der Waals surface area contributed by atoms with Crippen molar-refractivity contribution in [2.24, 2.45) is 5.73 Å². The van der Waals surface area contributed by atoms with Gasteiger partial charge in [-0.3, -0.25) is 9.59 Å². The first-order valence-electron chi connectivity index (χ1n) is 16.9. The summed E-state index contributed by atoms with van der Waals surface area (Å²) in [5.41, 5.74) is 5.45. The molecule has 0 aromatic rings. The van der Waals surface area contributed by atoms with Crippen LogP contribution in [0.1, 0.15) is 174 Å². The molecule has 0 spiro atoms. The van der Waals surface area contributed by atoms with Crippen molar-refractivity contribution >= 4 is 17.8 Å². The Morgan fingerprint density at radius 3 is 1.55 bits per heavy atom. The Morgan fingerprint density at radius 1 is 0.625 bits per heavy atom. The van der Waals surface area contributed by atoms with Gasteiger partial charge in [0.2, 0.25) is 5.91 Å². The van der Waals surface area contributed by atoms with Gasteiger partial charge in [0.25, 0.3) is 0 Å². The van der Waals surface area contributed by atoms with Crippen molar-refractivity contribution in [3.8, 4) is 0 Å². The fraction of sp³-hybridized carbons (Fsp3) is 0.909. The number of esters is 1. The number of nitrogens with two attached hydrogens (primary N) is 1. The van der Waals surface area contributed by atoms with Crippen molar-refractivity contribution in [1.29, 1.82) is 0 Å². The molecule has 0 bridgehead atoms. The zero-order valence-corrected chi connectivity index (χ0v) is 26.2. The molecule has 0 aliphatic rings. The lowest BCUT2D eigenvalue weighted by atomic mass is 10.0. The van der Waals surface area contributed by atoms with E-state index in [0.717, 1.165) is 57.8 Å². The minimum absolute atomic E-state index is 0.000547. The first-order valence-corrected chi connectivity index (χ1v) is 16.9. The van der Waals surface area contributed by atoms with E-state index in [4.69, 9.17) is 10.5 Å². The van der Waals surface area contributed by atoms with E-state index in [1.54, 1.807) is 0 Å². The van der Waals surface area contributed by atoms with Crippen LogP contribution in [0.3, 0.4) is 0 Å². The summed E-state index contributed by atoms with van der Waals surface area (Å²) in [6.07, 6.45) is 25.7. The van der Waals surface area contributed by atoms with Gasteiger partial charge in [-0.25, -0.2) is 4.79 Å². The molecular weight excluding hydrogens is 504 g/mol. The predicted molar refractivity (Wildman–Crippen MR) is 165 cm³/mol. The third kappa shape index (κ3) is 25.3. The fourth-order valence-corrected chi connectivity index (χ4v) is 5.10. The van der Waals surface area contributed by atoms with Crippen LogP contribution in [0.2, 0.25) is 0 Å². The van der Waals surface area contributed by atoms with E-state index < -0.39 is 12.0 Å². The molecule has 236 valence electrons. The standard InChI is InChI=1S/C33H64N2O5/c1-3-5-7-9-11-12-13-15-21-27-32(37)40-29(23-18-14-10-8-6-4-2)24-19-16-17-20-26-31(36)35-30(33(38)39)25-22-28-34/h29-30H,3-28,34H2,1-2H3,(H,35,36)(H,38,39). The summed E-state index contributed by atoms with van der Waals surface area (Å²) >= 11 is 0. The third-order valence-corrected chi connectivity index (χ3v) is 7.67. The molecule has 0 saturated carbocycles. The van der Waals surface area contributed by atoms with E-state index in [0.29, 0.717) is 32.2 Å². The van der Waals surface area contributed by atoms with Crippen LogP contribution in [0.5, 0.6) is 0 Å². The number of hydrogen-bond acceptors (Lipinski definition) is 5. The Morgan fingerprint density at radius 2 is 1.07 bits per heavy atom. The second kappa shape index (κ2) is 28.9. The van der Waals surface area contributed by atoms with Crippen LogP contribution in [0.15, 0.2) is 0 Å². The number of ether oxygens (including phenoxy) is 1. The van der Waals surface area contributed by atoms with Crippen molar-refractivity contribution in [1.82, 2.24) is 5.32 Å². The molecule has 0 aromatic heterocycles. The minimum Gasteiger partial charge on any atom is -0.480 e. The van der Waals surface area contributed by atoms with Crippen molar-refractivity contribution in [2.45, 2.75) is 187 Å². The molecular formula is C33H64N2O5. The molecule has 0 radical (unpaired) electrons. The molecule has 0 aromatic carbocycles. The zero-order valence-electron chi connectivity index (χ0n) is 26.2. The molecule has 0 heterocycles. The summed E-state index contributed by atoms with van der Waals surface area (Å²) in [6.45, 7) is 4.88. The van der Waals surface area contributed by atoms with Gasteiger partial charge in [-0.2, -0.15) is 0 Å². The van der Waals surface area contributed by atoms with E-state index in [2.05, 4.69) is 19.2 Å². The predicted octanol–water partition coefficient (Wildman–Crippen LogP) is 8.22. The normalized spacial score (nSPS) is 12.7. The van der Waals surface area contributed by atoms with E-state index in [-0.39, 0.29) is 18.0 Å². The topological polar surface area (TPSA) is 119 Å². The molecule has 2 unspecified atom stereocenters. The summed E-state index contributed by atoms with van der Waals surface area (Å²) in [7, 11) is 0. The Bertz CT molecular complexity index is 614. The maximum atomic E-state index is 12.5. The van der Waals surface area contributed by atoms with Crippen molar-refractivity contribution in [2.75, 3.05) is 6.54 Å². The molecule has 1 amide bonds. The lowest BCUT2D eigenvalue weighted by Gasteiger charge is -2.18. The van der Waals surface area contributed by atoms with Gasteiger partial charge in [0.15, 0.2) is 0 Å². The lowest BCUT2D eigenvalue weighted by Crippen LogP contribution is -2.40. The SMILES string of the molecule is CCCCCCCCCCCC(=O)OC(CCCCCCCC)CCCCCCC(=O)NC(CCCN)C(=O)O. The summed E-state index contributed by atoms with van der Waals surface area (Å²) in [4.78, 5) is 35.9. The quantitative estimate of drug-likeness (QED) is 0.0593. The molecule has 2 atom stereocenters. The van der Waals surface area contributed by atoms with Crippen LogP contribution in [-0.2, 0) is 19.1 Å². The van der Waals surface area contributed by atoms with E-state index in [1.165, 1.54) is 77.0 Å². The molecule has 7 heteroatoms. The summed E-state index contributed by atoms with van der Waals surface area (Å²) in [5.74, 6) is -1.26. The zero-order chi connectivity index (χ0) is 29.7. The van der Waals surface area contributed by atoms with Gasteiger partial charge in [-0.1, -0.05) is 110 Å². The molecule has 0 fully saturated rings. The Hall–Kier alpha value is -1.63. The lowest BCUT2D eigenvalue weighted by molar-refractivity contribution is -0.150. The number of rotatable bonds is 30. The van der Waals surface area contributed by atoms with Gasteiger partial charge in [0.05, 0.1) is 0 Å². The van der Waals surface area contributed by atoms with Crippen LogP contribution in [0.4, 0.5) is 0 Å². The van der Waals surface area contributed by atoms with Crippen LogP contribution in [0.25, 0.3) is 0 Å². The van der Waals surface area contributed by atoms with Crippen molar-refractivity contribution in [3.63, 3.8) is 0 Å². The summed E-state index contributed by atoms with van der Waals surface area (Å²) in [5, 5.41) is 11.9. The Balaban J connectivity index is 4.24. The number of carbonyl (C=O) groups excluding carboxylic acids is 2. The second-order valence-electron chi connectivity index (χ2n) is 11.6. The van der Waals surface area contributed by atoms with Gasteiger partial charge < -0.3 is 20.9 Å². The molecule has 0 aliphatic carbocycles. The van der Waals surface area contributed by atoms with Crippen molar-refractivity contribution < 1.29 is 24.2 Å². The number of unbranched alkanes of at least 4 members (excludes halogenated alkanes) is 16. The smallest absolute Gasteiger partial charge is 0.326 e. The number of hydrogen-bond donors (Lipinski definition) is 3. The highest BCUT2D eigenvalue weighted by molar-refractivity contribution is 5.83. The minimum atomic E-state index is -1.01. The van der Waals surface area contributed by atoms with Crippen LogP contribution in [0, 0.1) is 0 Å². The molecule has 0 aliphatic heterocycles. The number of carbonyl (C=O) groups is 3. The van der Waals surface area contributed by atoms with Crippen LogP contribution < -0.4 is 11.1 Å². The molecule has 0 saturated heterocycles. The van der Waals surface area contributed by atoms with E-state index in [1.807, 2.05) is 0 Å². The summed E-state index contributed by atoms with van der Waals surface area (Å²) in [6, 6.07) is -0.857. The maximum absolute atomic E-state index is 12.5. The van der Waals surface area contributed by atoms with Gasteiger partial charge >= 0.3 is 11.9 Å². The Kier molecular flexibility index (Phi) is 27.7. The van der Waals surface area contributed by atoms with Crippen LogP contribution in [-0.4, -0.2) is 41.6 Å². The number of aliphatic carboxylic acids is 1. The molecule has 40 heavy (non-hydrogen) atoms. The first kappa shape index (κ1) is 38.4. The second-order valence-corrected chi connectivity index (χ2v) is 11.6. The van der Waals surface area contributed by atoms with Gasteiger partial charge in [0, 0.05) is 12.8 Å². The highest BCUT2D eigenvalue weighted by Gasteiger charge is 2.19. The molecule has 0 rings (SSSR count). The van der Waals surface area contributed by atoms with Gasteiger partial charge in [-0.05, 0) is 57.9 Å². The fourth-order valence-electron chi connectivity index (χ4n) is 5.10. The number of carboxylic acid groups (broad SMARTS) is 1. The van der Waals surface area contributed by atoms with Crippen molar-refractivity contribution in [3.05, 3.63) is 0 Å². The first-order chi connectivity index (χ1) is 19.4. The van der Waals surface area contributed by atoms with Gasteiger partial charge in [-0.15, -0.1) is 0 Å². The largest absolute Gasteiger partial charge is 0.480 e. The average Bonchev–Trinajstić information content (AvgIpc) is 2.93. The number of carboxylic acids is 1. The third-order valence-electron chi connectivity index (χ3n) is 7.67. The molecule has 7 nitrogen and oxygen atoms in total. The summed E-state index contributed by atoms with van der Waals surface area (Å²) < 4.78 is 5.93. The highest BCUT2D eigenvalue weighted by atomic mass is 16.5.